The Bertz CT molecular complexity index is 176. The summed E-state index contributed by atoms with van der Waals surface area (Å²) in [6.07, 6.45) is 3.17. The number of hydrogen-bond acceptors (Lipinski definition) is 3. The topological polar surface area (TPSA) is 41.5 Å². The van der Waals surface area contributed by atoms with Gasteiger partial charge in [0.1, 0.15) is 0 Å². The van der Waals surface area contributed by atoms with E-state index >= 15 is 0 Å². The Morgan fingerprint density at radius 1 is 1.46 bits per heavy atom. The van der Waals surface area contributed by atoms with Crippen LogP contribution in [-0.4, -0.2) is 37.0 Å². The maximum Gasteiger partial charge on any atom is 0.0681 e. The van der Waals surface area contributed by atoms with Crippen LogP contribution >= 0.6 is 0 Å². The summed E-state index contributed by atoms with van der Waals surface area (Å²) < 4.78 is 5.65. The van der Waals surface area contributed by atoms with E-state index in [1.165, 1.54) is 0 Å². The summed E-state index contributed by atoms with van der Waals surface area (Å²) in [5.74, 6) is 0. The van der Waals surface area contributed by atoms with E-state index in [0.29, 0.717) is 6.10 Å². The number of hydrogen-bond donors (Lipinski definition) is 2. The Morgan fingerprint density at radius 2 is 2.15 bits per heavy atom. The molecule has 13 heavy (non-hydrogen) atoms. The molecule has 2 N–H and O–H groups in total. The maximum absolute atomic E-state index is 9.81. The van der Waals surface area contributed by atoms with Crippen molar-refractivity contribution >= 4 is 0 Å². The van der Waals surface area contributed by atoms with Gasteiger partial charge in [-0.3, -0.25) is 0 Å². The minimum absolute atomic E-state index is 0.0985. The zero-order valence-electron chi connectivity index (χ0n) is 8.25. The first-order valence-electron chi connectivity index (χ1n) is 5.30. The first-order valence-corrected chi connectivity index (χ1v) is 5.30. The van der Waals surface area contributed by atoms with Crippen LogP contribution in [0.4, 0.5) is 0 Å². The molecule has 0 bridgehead atoms. The second-order valence-corrected chi connectivity index (χ2v) is 4.18. The Labute approximate surface area is 79.5 Å². The third kappa shape index (κ3) is 1.39. The van der Waals surface area contributed by atoms with Crippen molar-refractivity contribution in [1.29, 1.82) is 0 Å². The molecule has 1 saturated carbocycles. The van der Waals surface area contributed by atoms with Gasteiger partial charge in [-0.2, -0.15) is 0 Å². The van der Waals surface area contributed by atoms with E-state index in [9.17, 15) is 5.11 Å². The molecule has 1 aliphatic heterocycles. The van der Waals surface area contributed by atoms with Crippen LogP contribution in [0.3, 0.4) is 0 Å². The molecule has 76 valence electrons. The Hall–Kier alpha value is -0.120. The normalized spacial score (nSPS) is 37.4. The highest BCUT2D eigenvalue weighted by atomic mass is 16.5. The van der Waals surface area contributed by atoms with Crippen molar-refractivity contribution in [2.75, 3.05) is 19.7 Å². The number of aliphatic hydroxyl groups excluding tert-OH is 1. The van der Waals surface area contributed by atoms with E-state index in [0.717, 1.165) is 39.0 Å². The predicted molar refractivity (Wildman–Crippen MR) is 50.6 cm³/mol. The monoisotopic (exact) mass is 185 g/mol. The molecule has 0 radical (unpaired) electrons. The quantitative estimate of drug-likeness (QED) is 0.659. The summed E-state index contributed by atoms with van der Waals surface area (Å²) in [5.41, 5.74) is 0.0985. The van der Waals surface area contributed by atoms with E-state index in [-0.39, 0.29) is 11.5 Å². The standard InChI is InChI=1S/C10H19NO2/c1-2-13-9-7-8(12)10(9)3-5-11-6-4-10/h8-9,11-12H,2-7H2,1H3/t8-,9+/m1/s1. The van der Waals surface area contributed by atoms with Crippen LogP contribution in [0, 0.1) is 5.41 Å². The van der Waals surface area contributed by atoms with Crippen LogP contribution in [0.1, 0.15) is 26.2 Å². The first-order chi connectivity index (χ1) is 6.29. The summed E-state index contributed by atoms with van der Waals surface area (Å²) in [6, 6.07) is 0. The summed E-state index contributed by atoms with van der Waals surface area (Å²) in [6.45, 7) is 4.85. The lowest BCUT2D eigenvalue weighted by molar-refractivity contribution is -0.201. The van der Waals surface area contributed by atoms with Crippen molar-refractivity contribution in [1.82, 2.24) is 5.32 Å². The Kier molecular flexibility index (Phi) is 2.58. The van der Waals surface area contributed by atoms with Gasteiger partial charge in [-0.05, 0) is 32.9 Å². The number of nitrogens with one attached hydrogen (secondary N) is 1. The van der Waals surface area contributed by atoms with Gasteiger partial charge >= 0.3 is 0 Å². The van der Waals surface area contributed by atoms with Crippen LogP contribution in [0.5, 0.6) is 0 Å². The molecule has 3 heteroatoms. The molecule has 1 saturated heterocycles. The largest absolute Gasteiger partial charge is 0.392 e. The molecule has 1 aliphatic carbocycles. The van der Waals surface area contributed by atoms with Gasteiger partial charge in [0.15, 0.2) is 0 Å². The lowest BCUT2D eigenvalue weighted by atomic mass is 9.58. The average molecular weight is 185 g/mol. The molecule has 2 rings (SSSR count). The van der Waals surface area contributed by atoms with E-state index in [1.54, 1.807) is 0 Å². The molecular weight excluding hydrogens is 166 g/mol. The molecule has 0 aromatic heterocycles. The smallest absolute Gasteiger partial charge is 0.0681 e. The van der Waals surface area contributed by atoms with Crippen LogP contribution in [0.2, 0.25) is 0 Å². The van der Waals surface area contributed by atoms with Gasteiger partial charge in [0, 0.05) is 18.4 Å². The Balaban J connectivity index is 1.99. The number of ether oxygens (including phenoxy) is 1. The summed E-state index contributed by atoms with van der Waals surface area (Å²) in [4.78, 5) is 0. The molecule has 0 aromatic rings. The highest BCUT2D eigenvalue weighted by Gasteiger charge is 2.55. The minimum atomic E-state index is -0.119. The molecule has 3 nitrogen and oxygen atoms in total. The third-order valence-electron chi connectivity index (χ3n) is 3.64. The van der Waals surface area contributed by atoms with Crippen LogP contribution in [0.15, 0.2) is 0 Å². The van der Waals surface area contributed by atoms with Gasteiger partial charge in [0.25, 0.3) is 0 Å². The zero-order valence-corrected chi connectivity index (χ0v) is 8.25. The SMILES string of the molecule is CCO[C@H]1C[C@@H](O)C12CCNCC2. The summed E-state index contributed by atoms with van der Waals surface area (Å²) in [5, 5.41) is 13.1. The minimum Gasteiger partial charge on any atom is -0.392 e. The molecule has 2 aliphatic rings. The van der Waals surface area contributed by atoms with Gasteiger partial charge in [-0.15, -0.1) is 0 Å². The fourth-order valence-corrected chi connectivity index (χ4v) is 2.71. The molecule has 2 fully saturated rings. The molecule has 0 aromatic carbocycles. The second kappa shape index (κ2) is 3.56. The van der Waals surface area contributed by atoms with E-state index in [1.807, 2.05) is 6.92 Å². The van der Waals surface area contributed by atoms with Gasteiger partial charge in [0.05, 0.1) is 12.2 Å². The lowest BCUT2D eigenvalue weighted by Crippen LogP contribution is -2.61. The van der Waals surface area contributed by atoms with Crippen molar-refractivity contribution in [2.45, 2.75) is 38.4 Å². The molecule has 0 unspecified atom stereocenters. The van der Waals surface area contributed by atoms with Crippen LogP contribution < -0.4 is 5.32 Å². The van der Waals surface area contributed by atoms with Crippen molar-refractivity contribution < 1.29 is 9.84 Å². The van der Waals surface area contributed by atoms with E-state index in [4.69, 9.17) is 4.74 Å². The van der Waals surface area contributed by atoms with Crippen LogP contribution in [-0.2, 0) is 4.74 Å². The molecular formula is C10H19NO2. The predicted octanol–water partition coefficient (Wildman–Crippen LogP) is 0.526. The van der Waals surface area contributed by atoms with Crippen molar-refractivity contribution in [3.05, 3.63) is 0 Å². The van der Waals surface area contributed by atoms with E-state index < -0.39 is 0 Å². The van der Waals surface area contributed by atoms with Gasteiger partial charge < -0.3 is 15.2 Å². The van der Waals surface area contributed by atoms with Gasteiger partial charge in [0.2, 0.25) is 0 Å². The zero-order chi connectivity index (χ0) is 9.31. The Morgan fingerprint density at radius 3 is 2.69 bits per heavy atom. The van der Waals surface area contributed by atoms with E-state index in [2.05, 4.69) is 5.32 Å². The lowest BCUT2D eigenvalue weighted by Gasteiger charge is -2.55. The fraction of sp³-hybridized carbons (Fsp3) is 1.00. The number of aliphatic hydroxyl groups is 1. The first kappa shape index (κ1) is 9.44. The number of piperidine rings is 1. The molecule has 1 spiro atoms. The molecule has 0 amide bonds. The molecule has 1 heterocycles. The van der Waals surface area contributed by atoms with Crippen LogP contribution in [0.25, 0.3) is 0 Å². The summed E-state index contributed by atoms with van der Waals surface area (Å²) in [7, 11) is 0. The second-order valence-electron chi connectivity index (χ2n) is 4.18. The third-order valence-corrected chi connectivity index (χ3v) is 3.64. The number of rotatable bonds is 2. The van der Waals surface area contributed by atoms with Gasteiger partial charge in [-0.25, -0.2) is 0 Å². The average Bonchev–Trinajstić information content (AvgIpc) is 2.19. The maximum atomic E-state index is 9.81. The van der Waals surface area contributed by atoms with Crippen molar-refractivity contribution in [2.24, 2.45) is 5.41 Å². The highest BCUT2D eigenvalue weighted by molar-refractivity contribution is 5.06. The fourth-order valence-electron chi connectivity index (χ4n) is 2.71. The van der Waals surface area contributed by atoms with Crippen molar-refractivity contribution in [3.8, 4) is 0 Å². The van der Waals surface area contributed by atoms with Crippen molar-refractivity contribution in [3.63, 3.8) is 0 Å². The molecule has 2 atom stereocenters. The summed E-state index contributed by atoms with van der Waals surface area (Å²) >= 11 is 0. The van der Waals surface area contributed by atoms with Gasteiger partial charge in [-0.1, -0.05) is 0 Å². The highest BCUT2D eigenvalue weighted by Crippen LogP contribution is 2.49.